The fourth-order valence-corrected chi connectivity index (χ4v) is 6.45. The average Bonchev–Trinajstić information content (AvgIpc) is 2.91. The van der Waals surface area contributed by atoms with Gasteiger partial charge in [-0.05, 0) is 74.5 Å². The third-order valence-electron chi connectivity index (χ3n) is 8.49. The molecule has 4 rings (SSSR count). The van der Waals surface area contributed by atoms with Crippen molar-refractivity contribution < 1.29 is 14.3 Å². The summed E-state index contributed by atoms with van der Waals surface area (Å²) < 4.78 is 6.07. The SMILES string of the molecule is CC(=O)N1CCN(CCCN2CC3CNCC(CC(COc4ccc(C#N)cc4)N(C)C(N)=O)(C3)C2)CC1. The highest BCUT2D eigenvalue weighted by atomic mass is 16.5. The third-order valence-corrected chi connectivity index (χ3v) is 8.49. The quantitative estimate of drug-likeness (QED) is 0.471. The summed E-state index contributed by atoms with van der Waals surface area (Å²) in [6, 6.07) is 8.57. The Kier molecular flexibility index (Phi) is 9.47. The number of urea groups is 1. The standard InChI is InChI=1S/C28H43N7O3/c1-22(36)35-12-10-33(11-13-35)8-3-9-34-18-24-14-28(21-34,20-31-17-24)15-25(32(2)27(30)37)19-38-26-6-4-23(16-29)5-7-26/h4-7,24-25,31H,3,8-15,17-21H2,1-2H3,(H2,30,37). The Hall–Kier alpha value is -2.87. The van der Waals surface area contributed by atoms with Gasteiger partial charge in [-0.3, -0.25) is 9.69 Å². The first kappa shape index (κ1) is 28.1. The molecule has 0 radical (unpaired) electrons. The Morgan fingerprint density at radius 1 is 1.21 bits per heavy atom. The maximum absolute atomic E-state index is 12.2. The van der Waals surface area contributed by atoms with E-state index >= 15 is 0 Å². The van der Waals surface area contributed by atoms with Crippen LogP contribution in [0.3, 0.4) is 0 Å². The first-order chi connectivity index (χ1) is 18.3. The van der Waals surface area contributed by atoms with Gasteiger partial charge in [0, 0.05) is 59.8 Å². The number of amides is 3. The van der Waals surface area contributed by atoms with Gasteiger partial charge >= 0.3 is 6.03 Å². The van der Waals surface area contributed by atoms with Crippen molar-refractivity contribution in [2.24, 2.45) is 17.1 Å². The summed E-state index contributed by atoms with van der Waals surface area (Å²) in [5, 5.41) is 12.7. The number of hydrogen-bond acceptors (Lipinski definition) is 7. The molecule has 10 heteroatoms. The van der Waals surface area contributed by atoms with Crippen LogP contribution in [0.4, 0.5) is 4.79 Å². The number of ether oxygens (including phenoxy) is 1. The number of nitriles is 1. The summed E-state index contributed by atoms with van der Waals surface area (Å²) in [6.45, 7) is 11.7. The van der Waals surface area contributed by atoms with Crippen molar-refractivity contribution in [3.05, 3.63) is 29.8 Å². The molecule has 3 saturated heterocycles. The number of likely N-dealkylation sites (tertiary alicyclic amines) is 1. The number of piperidine rings is 2. The van der Waals surface area contributed by atoms with E-state index < -0.39 is 6.03 Å². The number of nitrogens with two attached hydrogens (primary N) is 1. The van der Waals surface area contributed by atoms with E-state index in [-0.39, 0.29) is 17.4 Å². The van der Waals surface area contributed by atoms with Crippen LogP contribution in [0, 0.1) is 22.7 Å². The lowest BCUT2D eigenvalue weighted by Crippen LogP contribution is -2.60. The second-order valence-corrected chi connectivity index (χ2v) is 11.4. The smallest absolute Gasteiger partial charge is 0.314 e. The van der Waals surface area contributed by atoms with Crippen LogP contribution in [-0.2, 0) is 4.79 Å². The van der Waals surface area contributed by atoms with Crippen molar-refractivity contribution in [1.82, 2.24) is 24.9 Å². The molecule has 10 nitrogen and oxygen atoms in total. The number of primary amides is 1. The summed E-state index contributed by atoms with van der Waals surface area (Å²) in [6.07, 6.45) is 3.07. The Balaban J connectivity index is 1.34. The molecule has 3 amide bonds. The number of carbonyl (C=O) groups excluding carboxylic acids is 2. The van der Waals surface area contributed by atoms with Crippen LogP contribution in [0.15, 0.2) is 24.3 Å². The molecule has 3 atom stereocenters. The Morgan fingerprint density at radius 2 is 1.92 bits per heavy atom. The van der Waals surface area contributed by atoms with E-state index in [1.54, 1.807) is 43.1 Å². The summed E-state index contributed by atoms with van der Waals surface area (Å²) in [4.78, 5) is 32.4. The van der Waals surface area contributed by atoms with Crippen LogP contribution in [0.1, 0.15) is 31.7 Å². The number of nitrogens with zero attached hydrogens (tertiary/aromatic N) is 5. The minimum Gasteiger partial charge on any atom is -0.491 e. The topological polar surface area (TPSA) is 118 Å². The molecule has 38 heavy (non-hydrogen) atoms. The molecular weight excluding hydrogens is 482 g/mol. The molecule has 208 valence electrons. The summed E-state index contributed by atoms with van der Waals surface area (Å²) >= 11 is 0. The van der Waals surface area contributed by atoms with Crippen LogP contribution < -0.4 is 15.8 Å². The molecule has 2 bridgehead atoms. The van der Waals surface area contributed by atoms with Crippen LogP contribution in [-0.4, -0.2) is 117 Å². The molecular formula is C28H43N7O3. The van der Waals surface area contributed by atoms with E-state index in [9.17, 15) is 9.59 Å². The predicted octanol–water partition coefficient (Wildman–Crippen LogP) is 1.17. The molecule has 3 fully saturated rings. The summed E-state index contributed by atoms with van der Waals surface area (Å²) in [5.41, 5.74) is 6.34. The van der Waals surface area contributed by atoms with E-state index in [1.165, 1.54) is 0 Å². The van der Waals surface area contributed by atoms with Crippen molar-refractivity contribution in [2.75, 3.05) is 79.1 Å². The zero-order valence-corrected chi connectivity index (χ0v) is 22.9. The molecule has 0 aromatic heterocycles. The number of rotatable bonds is 10. The first-order valence-corrected chi connectivity index (χ1v) is 13.8. The van der Waals surface area contributed by atoms with Gasteiger partial charge in [0.25, 0.3) is 0 Å². The summed E-state index contributed by atoms with van der Waals surface area (Å²) in [5.74, 6) is 1.44. The van der Waals surface area contributed by atoms with Crippen LogP contribution in [0.2, 0.25) is 0 Å². The van der Waals surface area contributed by atoms with Gasteiger partial charge < -0.3 is 30.5 Å². The van der Waals surface area contributed by atoms with E-state index in [1.807, 2.05) is 4.90 Å². The Bertz CT molecular complexity index is 989. The minimum absolute atomic E-state index is 0.0523. The van der Waals surface area contributed by atoms with Gasteiger partial charge in [-0.2, -0.15) is 5.26 Å². The van der Waals surface area contributed by atoms with Crippen LogP contribution >= 0.6 is 0 Å². The van der Waals surface area contributed by atoms with Crippen molar-refractivity contribution in [3.63, 3.8) is 0 Å². The number of carbonyl (C=O) groups is 2. The molecule has 3 heterocycles. The fraction of sp³-hybridized carbons (Fsp3) is 0.679. The lowest BCUT2D eigenvalue weighted by atomic mass is 9.69. The number of fused-ring (bicyclic) bond motifs is 2. The molecule has 0 aliphatic carbocycles. The number of piperazine rings is 1. The second kappa shape index (κ2) is 12.8. The van der Waals surface area contributed by atoms with E-state index in [0.29, 0.717) is 23.8 Å². The maximum Gasteiger partial charge on any atom is 0.314 e. The summed E-state index contributed by atoms with van der Waals surface area (Å²) in [7, 11) is 1.76. The van der Waals surface area contributed by atoms with Gasteiger partial charge in [0.2, 0.25) is 5.91 Å². The first-order valence-electron chi connectivity index (χ1n) is 13.8. The zero-order valence-electron chi connectivity index (χ0n) is 22.9. The fourth-order valence-electron chi connectivity index (χ4n) is 6.45. The van der Waals surface area contributed by atoms with Gasteiger partial charge in [-0.1, -0.05) is 0 Å². The number of likely N-dealkylation sites (N-methyl/N-ethyl adjacent to an activating group) is 1. The molecule has 3 unspecified atom stereocenters. The molecule has 0 spiro atoms. The highest BCUT2D eigenvalue weighted by Gasteiger charge is 2.44. The van der Waals surface area contributed by atoms with Gasteiger partial charge in [0.05, 0.1) is 17.7 Å². The Morgan fingerprint density at radius 3 is 2.58 bits per heavy atom. The number of benzene rings is 1. The molecule has 1 aromatic carbocycles. The van der Waals surface area contributed by atoms with Crippen LogP contribution in [0.25, 0.3) is 0 Å². The average molecular weight is 526 g/mol. The van der Waals surface area contributed by atoms with Gasteiger partial charge in [0.1, 0.15) is 12.4 Å². The van der Waals surface area contributed by atoms with Crippen molar-refractivity contribution in [3.8, 4) is 11.8 Å². The molecule has 3 aliphatic heterocycles. The zero-order chi connectivity index (χ0) is 27.1. The van der Waals surface area contributed by atoms with Crippen LogP contribution in [0.5, 0.6) is 5.75 Å². The van der Waals surface area contributed by atoms with Crippen molar-refractivity contribution in [1.29, 1.82) is 5.26 Å². The largest absolute Gasteiger partial charge is 0.491 e. The van der Waals surface area contributed by atoms with Crippen molar-refractivity contribution >= 4 is 11.9 Å². The van der Waals surface area contributed by atoms with E-state index in [0.717, 1.165) is 84.7 Å². The number of hydrogen-bond donors (Lipinski definition) is 2. The minimum atomic E-state index is -0.451. The molecule has 3 N–H and O–H groups in total. The normalized spacial score (nSPS) is 24.9. The highest BCUT2D eigenvalue weighted by molar-refractivity contribution is 5.73. The number of nitrogens with one attached hydrogen (secondary N) is 1. The lowest BCUT2D eigenvalue weighted by Gasteiger charge is -2.52. The molecule has 1 aromatic rings. The van der Waals surface area contributed by atoms with Gasteiger partial charge in [-0.25, -0.2) is 4.79 Å². The monoisotopic (exact) mass is 525 g/mol. The highest BCUT2D eigenvalue weighted by Crippen LogP contribution is 2.40. The van der Waals surface area contributed by atoms with E-state index in [4.69, 9.17) is 15.7 Å². The Labute approximate surface area is 226 Å². The van der Waals surface area contributed by atoms with Crippen molar-refractivity contribution in [2.45, 2.75) is 32.2 Å². The molecule has 0 saturated carbocycles. The third kappa shape index (κ3) is 7.37. The lowest BCUT2D eigenvalue weighted by molar-refractivity contribution is -0.130. The van der Waals surface area contributed by atoms with E-state index in [2.05, 4.69) is 21.2 Å². The maximum atomic E-state index is 12.2. The van der Waals surface area contributed by atoms with Gasteiger partial charge in [-0.15, -0.1) is 0 Å². The predicted molar refractivity (Wildman–Crippen MR) is 146 cm³/mol. The van der Waals surface area contributed by atoms with Gasteiger partial charge in [0.15, 0.2) is 0 Å². The second-order valence-electron chi connectivity index (χ2n) is 11.4. The molecule has 3 aliphatic rings.